The van der Waals surface area contributed by atoms with Gasteiger partial charge in [-0.3, -0.25) is 4.79 Å². The number of aromatic nitrogens is 1. The molecule has 1 rings (SSSR count). The number of nitrogens with zero attached hydrogens (tertiary/aromatic N) is 3. The monoisotopic (exact) mass is 286 g/mol. The van der Waals surface area contributed by atoms with Crippen LogP contribution >= 0.6 is 0 Å². The predicted molar refractivity (Wildman–Crippen MR) is 65.9 cm³/mol. The van der Waals surface area contributed by atoms with Crippen LogP contribution in [0.5, 0.6) is 0 Å². The third kappa shape index (κ3) is 3.85. The molecule has 1 aromatic heterocycles. The molecule has 0 saturated carbocycles. The molecular weight excluding hydrogens is 273 g/mol. The van der Waals surface area contributed by atoms with Crippen LogP contribution < -0.4 is 10.2 Å². The molecule has 1 aromatic rings. The Balaban J connectivity index is 3.07. The fourth-order valence-corrected chi connectivity index (χ4v) is 1.54. The summed E-state index contributed by atoms with van der Waals surface area (Å²) in [6, 6.07) is 2.85. The second-order valence-corrected chi connectivity index (χ2v) is 4.05. The van der Waals surface area contributed by atoms with Crippen molar-refractivity contribution in [1.82, 2.24) is 10.3 Å². The number of amides is 1. The van der Waals surface area contributed by atoms with Crippen LogP contribution in [0.15, 0.2) is 12.3 Å². The van der Waals surface area contributed by atoms with Crippen molar-refractivity contribution in [3.8, 4) is 6.07 Å². The van der Waals surface area contributed by atoms with Gasteiger partial charge in [0, 0.05) is 33.3 Å². The second kappa shape index (κ2) is 6.23. The molecule has 5 nitrogen and oxygen atoms in total. The van der Waals surface area contributed by atoms with Gasteiger partial charge in [0.05, 0.1) is 11.3 Å². The Kier molecular flexibility index (Phi) is 4.91. The van der Waals surface area contributed by atoms with Crippen LogP contribution in [0.2, 0.25) is 0 Å². The normalized spacial score (nSPS) is 10.8. The summed E-state index contributed by atoms with van der Waals surface area (Å²) >= 11 is 0. The SMILES string of the molecule is CNC(=O)CCN(C)c1cc(C#N)cnc1C(F)(F)F. The van der Waals surface area contributed by atoms with Gasteiger partial charge in [0.15, 0.2) is 5.69 Å². The van der Waals surface area contributed by atoms with Gasteiger partial charge in [-0.05, 0) is 6.07 Å². The van der Waals surface area contributed by atoms with Crippen LogP contribution in [0.3, 0.4) is 0 Å². The summed E-state index contributed by atoms with van der Waals surface area (Å²) in [6.45, 7) is 0.0827. The minimum atomic E-state index is -4.62. The molecule has 20 heavy (non-hydrogen) atoms. The first-order valence-corrected chi connectivity index (χ1v) is 5.68. The van der Waals surface area contributed by atoms with Crippen LogP contribution in [0.25, 0.3) is 0 Å². The van der Waals surface area contributed by atoms with Gasteiger partial charge in [-0.25, -0.2) is 4.98 Å². The molecule has 0 aromatic carbocycles. The fraction of sp³-hybridized carbons (Fsp3) is 0.417. The average Bonchev–Trinajstić information content (AvgIpc) is 2.42. The molecule has 8 heteroatoms. The number of anilines is 1. The maximum absolute atomic E-state index is 12.9. The van der Waals surface area contributed by atoms with Crippen molar-refractivity contribution < 1.29 is 18.0 Å². The van der Waals surface area contributed by atoms with Gasteiger partial charge in [0.25, 0.3) is 0 Å². The molecule has 0 aliphatic rings. The van der Waals surface area contributed by atoms with Crippen LogP contribution in [0.4, 0.5) is 18.9 Å². The van der Waals surface area contributed by atoms with Gasteiger partial charge >= 0.3 is 6.18 Å². The Hall–Kier alpha value is -2.30. The van der Waals surface area contributed by atoms with Crippen LogP contribution in [0.1, 0.15) is 17.7 Å². The summed E-state index contributed by atoms with van der Waals surface area (Å²) in [6.07, 6.45) is -3.70. The Morgan fingerprint density at radius 2 is 2.20 bits per heavy atom. The van der Waals surface area contributed by atoms with Gasteiger partial charge < -0.3 is 10.2 Å². The first-order valence-electron chi connectivity index (χ1n) is 5.68. The molecule has 1 amide bonds. The molecule has 1 heterocycles. The zero-order chi connectivity index (χ0) is 15.3. The first-order chi connectivity index (χ1) is 9.29. The number of rotatable bonds is 4. The van der Waals surface area contributed by atoms with E-state index in [1.807, 2.05) is 0 Å². The Morgan fingerprint density at radius 3 is 2.70 bits per heavy atom. The van der Waals surface area contributed by atoms with Crippen LogP contribution in [-0.2, 0) is 11.0 Å². The van der Waals surface area contributed by atoms with Gasteiger partial charge in [-0.1, -0.05) is 0 Å². The lowest BCUT2D eigenvalue weighted by atomic mass is 10.2. The molecule has 0 radical (unpaired) electrons. The zero-order valence-corrected chi connectivity index (χ0v) is 11.0. The predicted octanol–water partition coefficient (Wildman–Crippen LogP) is 1.54. The molecule has 0 fully saturated rings. The minimum absolute atomic E-state index is 0.0276. The lowest BCUT2D eigenvalue weighted by Gasteiger charge is -2.22. The zero-order valence-electron chi connectivity index (χ0n) is 11.0. The number of carbonyl (C=O) groups is 1. The molecule has 0 aliphatic heterocycles. The van der Waals surface area contributed by atoms with Gasteiger partial charge in [0.2, 0.25) is 5.91 Å². The van der Waals surface area contributed by atoms with E-state index in [1.165, 1.54) is 19.0 Å². The molecular formula is C12H13F3N4O. The Bertz CT molecular complexity index is 536. The smallest absolute Gasteiger partial charge is 0.372 e. The summed E-state index contributed by atoms with van der Waals surface area (Å²) in [7, 11) is 2.86. The quantitative estimate of drug-likeness (QED) is 0.911. The van der Waals surface area contributed by atoms with Crippen molar-refractivity contribution in [3.05, 3.63) is 23.5 Å². The lowest BCUT2D eigenvalue weighted by Crippen LogP contribution is -2.28. The van der Waals surface area contributed by atoms with Crippen molar-refractivity contribution in [1.29, 1.82) is 5.26 Å². The lowest BCUT2D eigenvalue weighted by molar-refractivity contribution is -0.140. The molecule has 0 aliphatic carbocycles. The summed E-state index contributed by atoms with van der Waals surface area (Å²) in [5.41, 5.74) is -1.27. The maximum Gasteiger partial charge on any atom is 0.435 e. The Morgan fingerprint density at radius 1 is 1.55 bits per heavy atom. The van der Waals surface area contributed by atoms with E-state index < -0.39 is 11.9 Å². The van der Waals surface area contributed by atoms with Crippen molar-refractivity contribution in [3.63, 3.8) is 0 Å². The highest BCUT2D eigenvalue weighted by Gasteiger charge is 2.36. The average molecular weight is 286 g/mol. The summed E-state index contributed by atoms with van der Waals surface area (Å²) < 4.78 is 38.6. The third-order valence-electron chi connectivity index (χ3n) is 2.63. The number of nitrogens with one attached hydrogen (secondary N) is 1. The molecule has 108 valence electrons. The van der Waals surface area contributed by atoms with Crippen molar-refractivity contribution in [2.75, 3.05) is 25.5 Å². The standard InChI is InChI=1S/C12H13F3N4O/c1-17-10(20)3-4-19(2)9-5-8(6-16)7-18-11(9)12(13,14)15/h5,7H,3-4H2,1-2H3,(H,17,20). The number of carbonyl (C=O) groups excluding carboxylic acids is 1. The summed E-state index contributed by atoms with van der Waals surface area (Å²) in [5, 5.41) is 11.1. The molecule has 0 saturated heterocycles. The number of pyridine rings is 1. The highest BCUT2D eigenvalue weighted by atomic mass is 19.4. The van der Waals surface area contributed by atoms with Gasteiger partial charge in [0.1, 0.15) is 6.07 Å². The van der Waals surface area contributed by atoms with E-state index in [4.69, 9.17) is 5.26 Å². The van der Waals surface area contributed by atoms with E-state index in [2.05, 4.69) is 10.3 Å². The van der Waals surface area contributed by atoms with Crippen molar-refractivity contribution in [2.45, 2.75) is 12.6 Å². The van der Waals surface area contributed by atoms with E-state index in [9.17, 15) is 18.0 Å². The van der Waals surface area contributed by atoms with Crippen molar-refractivity contribution >= 4 is 11.6 Å². The second-order valence-electron chi connectivity index (χ2n) is 4.05. The molecule has 0 atom stereocenters. The first kappa shape index (κ1) is 15.8. The number of hydrogen-bond donors (Lipinski definition) is 1. The highest BCUT2D eigenvalue weighted by Crippen LogP contribution is 2.34. The number of nitriles is 1. The highest BCUT2D eigenvalue weighted by molar-refractivity contribution is 5.76. The molecule has 1 N–H and O–H groups in total. The molecule has 0 spiro atoms. The Labute approximate surface area is 114 Å². The van der Waals surface area contributed by atoms with Crippen LogP contribution in [-0.4, -0.2) is 31.5 Å². The van der Waals surface area contributed by atoms with E-state index in [0.29, 0.717) is 0 Å². The van der Waals surface area contributed by atoms with Crippen LogP contribution in [0, 0.1) is 11.3 Å². The number of halogens is 3. The van der Waals surface area contributed by atoms with E-state index in [-0.39, 0.29) is 30.1 Å². The third-order valence-corrected chi connectivity index (χ3v) is 2.63. The van der Waals surface area contributed by atoms with E-state index >= 15 is 0 Å². The minimum Gasteiger partial charge on any atom is -0.372 e. The summed E-state index contributed by atoms with van der Waals surface area (Å²) in [5.74, 6) is -0.283. The number of hydrogen-bond acceptors (Lipinski definition) is 4. The van der Waals surface area contributed by atoms with Crippen molar-refractivity contribution in [2.24, 2.45) is 0 Å². The summed E-state index contributed by atoms with van der Waals surface area (Å²) in [4.78, 5) is 15.7. The topological polar surface area (TPSA) is 69.0 Å². The fourth-order valence-electron chi connectivity index (χ4n) is 1.54. The van der Waals surface area contributed by atoms with E-state index in [1.54, 1.807) is 6.07 Å². The largest absolute Gasteiger partial charge is 0.435 e. The number of alkyl halides is 3. The molecule has 0 bridgehead atoms. The maximum atomic E-state index is 12.9. The van der Waals surface area contributed by atoms with Gasteiger partial charge in [-0.2, -0.15) is 18.4 Å². The van der Waals surface area contributed by atoms with E-state index in [0.717, 1.165) is 12.3 Å². The van der Waals surface area contributed by atoms with Gasteiger partial charge in [-0.15, -0.1) is 0 Å². The molecule has 0 unspecified atom stereocenters.